The van der Waals surface area contributed by atoms with Crippen molar-refractivity contribution in [3.05, 3.63) is 53.8 Å². The average Bonchev–Trinajstić information content (AvgIpc) is 2.38. The van der Waals surface area contributed by atoms with Gasteiger partial charge in [-0.3, -0.25) is 0 Å². The lowest BCUT2D eigenvalue weighted by Gasteiger charge is -2.16. The second-order valence-corrected chi connectivity index (χ2v) is 4.11. The van der Waals surface area contributed by atoms with Gasteiger partial charge in [0.25, 0.3) is 0 Å². The van der Waals surface area contributed by atoms with Crippen LogP contribution in [0.1, 0.15) is 18.6 Å². The molecule has 1 N–H and O–H groups in total. The molecular weight excluding hydrogens is 247 g/mol. The van der Waals surface area contributed by atoms with E-state index in [9.17, 15) is 9.50 Å². The predicted octanol–water partition coefficient (Wildman–Crippen LogP) is 3.68. The zero-order valence-electron chi connectivity index (χ0n) is 10.8. The van der Waals surface area contributed by atoms with Gasteiger partial charge in [-0.05, 0) is 31.2 Å². The summed E-state index contributed by atoms with van der Waals surface area (Å²) >= 11 is 0. The van der Waals surface area contributed by atoms with Crippen LogP contribution in [-0.2, 0) is 0 Å². The smallest absolute Gasteiger partial charge is 0.136 e. The van der Waals surface area contributed by atoms with E-state index in [4.69, 9.17) is 9.47 Å². The summed E-state index contributed by atoms with van der Waals surface area (Å²) < 4.78 is 23.9. The lowest BCUT2D eigenvalue weighted by atomic mass is 10.1. The van der Waals surface area contributed by atoms with E-state index in [0.29, 0.717) is 22.8 Å². The van der Waals surface area contributed by atoms with Crippen molar-refractivity contribution in [2.45, 2.75) is 13.0 Å². The molecule has 0 saturated carbocycles. The Bertz CT molecular complexity index is 567. The highest BCUT2D eigenvalue weighted by molar-refractivity contribution is 5.47. The van der Waals surface area contributed by atoms with E-state index in [-0.39, 0.29) is 5.82 Å². The first-order valence-electron chi connectivity index (χ1n) is 5.90. The van der Waals surface area contributed by atoms with Crippen LogP contribution < -0.4 is 9.47 Å². The monoisotopic (exact) mass is 262 g/mol. The third-order valence-electron chi connectivity index (χ3n) is 2.69. The van der Waals surface area contributed by atoms with Crippen LogP contribution in [0, 0.1) is 5.82 Å². The summed E-state index contributed by atoms with van der Waals surface area (Å²) in [5.74, 6) is 0.970. The number of aliphatic hydroxyl groups is 1. The summed E-state index contributed by atoms with van der Waals surface area (Å²) in [7, 11) is 1.52. The normalized spacial score (nSPS) is 12.0. The van der Waals surface area contributed by atoms with E-state index in [1.54, 1.807) is 37.3 Å². The van der Waals surface area contributed by atoms with Gasteiger partial charge in [0.15, 0.2) is 0 Å². The Balaban J connectivity index is 2.39. The lowest BCUT2D eigenvalue weighted by Crippen LogP contribution is -2.00. The zero-order chi connectivity index (χ0) is 13.8. The summed E-state index contributed by atoms with van der Waals surface area (Å²) in [5, 5.41) is 9.82. The number of hydrogen-bond acceptors (Lipinski definition) is 3. The lowest BCUT2D eigenvalue weighted by molar-refractivity contribution is 0.190. The summed E-state index contributed by atoms with van der Waals surface area (Å²) in [6, 6.07) is 11.0. The molecule has 2 rings (SSSR count). The third kappa shape index (κ3) is 3.03. The molecule has 2 aromatic rings. The van der Waals surface area contributed by atoms with Crippen LogP contribution in [0.2, 0.25) is 0 Å². The number of benzene rings is 2. The Labute approximate surface area is 111 Å². The largest absolute Gasteiger partial charge is 0.496 e. The van der Waals surface area contributed by atoms with Gasteiger partial charge in [0.2, 0.25) is 0 Å². The van der Waals surface area contributed by atoms with Gasteiger partial charge in [0.05, 0.1) is 18.8 Å². The number of hydrogen-bond donors (Lipinski definition) is 1. The van der Waals surface area contributed by atoms with Crippen molar-refractivity contribution in [3.63, 3.8) is 0 Å². The van der Waals surface area contributed by atoms with Crippen LogP contribution >= 0.6 is 0 Å². The molecule has 0 saturated heterocycles. The molecule has 0 unspecified atom stereocenters. The molecule has 0 amide bonds. The molecule has 0 heterocycles. The van der Waals surface area contributed by atoms with Crippen molar-refractivity contribution < 1.29 is 19.0 Å². The molecule has 4 heteroatoms. The van der Waals surface area contributed by atoms with Gasteiger partial charge in [-0.2, -0.15) is 0 Å². The first-order valence-corrected chi connectivity index (χ1v) is 5.90. The molecule has 100 valence electrons. The highest BCUT2D eigenvalue weighted by Crippen LogP contribution is 2.36. The maximum Gasteiger partial charge on any atom is 0.136 e. The quantitative estimate of drug-likeness (QED) is 0.913. The SMILES string of the molecule is COc1cccc(Oc2cccc(F)c2)c1[C@H](C)O. The number of aliphatic hydroxyl groups excluding tert-OH is 1. The molecule has 0 aliphatic heterocycles. The summed E-state index contributed by atoms with van der Waals surface area (Å²) in [4.78, 5) is 0. The summed E-state index contributed by atoms with van der Waals surface area (Å²) in [6.45, 7) is 1.62. The maximum atomic E-state index is 13.1. The Kier molecular flexibility index (Phi) is 4.02. The molecule has 0 radical (unpaired) electrons. The molecule has 19 heavy (non-hydrogen) atoms. The topological polar surface area (TPSA) is 38.7 Å². The number of halogens is 1. The molecule has 0 aliphatic rings. The number of rotatable bonds is 4. The number of ether oxygens (including phenoxy) is 2. The fraction of sp³-hybridized carbons (Fsp3) is 0.200. The zero-order valence-corrected chi connectivity index (χ0v) is 10.8. The van der Waals surface area contributed by atoms with Crippen LogP contribution in [0.15, 0.2) is 42.5 Å². The number of methoxy groups -OCH3 is 1. The van der Waals surface area contributed by atoms with Gasteiger partial charge in [-0.15, -0.1) is 0 Å². The van der Waals surface area contributed by atoms with E-state index in [2.05, 4.69) is 0 Å². The van der Waals surface area contributed by atoms with Crippen LogP contribution in [0.3, 0.4) is 0 Å². The third-order valence-corrected chi connectivity index (χ3v) is 2.69. The molecule has 0 bridgehead atoms. The minimum absolute atomic E-state index is 0.371. The molecule has 0 aromatic heterocycles. The van der Waals surface area contributed by atoms with E-state index in [1.165, 1.54) is 19.2 Å². The van der Waals surface area contributed by atoms with Crippen LogP contribution in [0.4, 0.5) is 4.39 Å². The minimum atomic E-state index is -0.750. The van der Waals surface area contributed by atoms with Crippen molar-refractivity contribution in [3.8, 4) is 17.2 Å². The molecule has 1 atom stereocenters. The van der Waals surface area contributed by atoms with Gasteiger partial charge < -0.3 is 14.6 Å². The van der Waals surface area contributed by atoms with E-state index >= 15 is 0 Å². The summed E-state index contributed by atoms with van der Waals surface area (Å²) in [6.07, 6.45) is -0.750. The van der Waals surface area contributed by atoms with Gasteiger partial charge in [-0.25, -0.2) is 4.39 Å². The van der Waals surface area contributed by atoms with Gasteiger partial charge >= 0.3 is 0 Å². The van der Waals surface area contributed by atoms with E-state index < -0.39 is 6.10 Å². The van der Waals surface area contributed by atoms with Gasteiger partial charge in [0, 0.05) is 6.07 Å². The van der Waals surface area contributed by atoms with E-state index in [0.717, 1.165) is 0 Å². The standard InChI is InChI=1S/C15H15FO3/c1-10(17)15-13(18-2)7-4-8-14(15)19-12-6-3-5-11(16)9-12/h3-10,17H,1-2H3/t10-/m0/s1. The minimum Gasteiger partial charge on any atom is -0.496 e. The molecule has 0 fully saturated rings. The molecule has 0 aliphatic carbocycles. The molecule has 0 spiro atoms. The Morgan fingerprint density at radius 1 is 1.11 bits per heavy atom. The Hall–Kier alpha value is -2.07. The second kappa shape index (κ2) is 5.71. The van der Waals surface area contributed by atoms with Crippen molar-refractivity contribution in [1.82, 2.24) is 0 Å². The van der Waals surface area contributed by atoms with Crippen LogP contribution in [0.5, 0.6) is 17.2 Å². The highest BCUT2D eigenvalue weighted by Gasteiger charge is 2.15. The Morgan fingerprint density at radius 3 is 2.42 bits per heavy atom. The predicted molar refractivity (Wildman–Crippen MR) is 70.1 cm³/mol. The first-order chi connectivity index (χ1) is 9.11. The van der Waals surface area contributed by atoms with Gasteiger partial charge in [0.1, 0.15) is 23.1 Å². The van der Waals surface area contributed by atoms with E-state index in [1.807, 2.05) is 0 Å². The molecule has 3 nitrogen and oxygen atoms in total. The van der Waals surface area contributed by atoms with Crippen molar-refractivity contribution >= 4 is 0 Å². The highest BCUT2D eigenvalue weighted by atomic mass is 19.1. The average molecular weight is 262 g/mol. The summed E-state index contributed by atoms with van der Waals surface area (Å²) in [5.41, 5.74) is 0.536. The van der Waals surface area contributed by atoms with Crippen molar-refractivity contribution in [1.29, 1.82) is 0 Å². The fourth-order valence-electron chi connectivity index (χ4n) is 1.86. The molecular formula is C15H15FO3. The van der Waals surface area contributed by atoms with Crippen molar-refractivity contribution in [2.75, 3.05) is 7.11 Å². The van der Waals surface area contributed by atoms with Crippen molar-refractivity contribution in [2.24, 2.45) is 0 Å². The first kappa shape index (κ1) is 13.4. The second-order valence-electron chi connectivity index (χ2n) is 4.11. The van der Waals surface area contributed by atoms with Crippen LogP contribution in [-0.4, -0.2) is 12.2 Å². The van der Waals surface area contributed by atoms with Gasteiger partial charge in [-0.1, -0.05) is 12.1 Å². The maximum absolute atomic E-state index is 13.1. The molecule has 2 aromatic carbocycles. The Morgan fingerprint density at radius 2 is 1.79 bits per heavy atom. The van der Waals surface area contributed by atoms with Crippen LogP contribution in [0.25, 0.3) is 0 Å². The fourth-order valence-corrected chi connectivity index (χ4v) is 1.86.